The molecule has 1 aromatic rings. The zero-order chi connectivity index (χ0) is 26.4. The maximum atomic E-state index is 14.3. The van der Waals surface area contributed by atoms with Gasteiger partial charge in [-0.05, 0) is 71.9 Å². The lowest BCUT2D eigenvalue weighted by atomic mass is 9.94. The highest BCUT2D eigenvalue weighted by atomic mass is 19.4. The van der Waals surface area contributed by atoms with E-state index in [-0.39, 0.29) is 44.1 Å². The molecule has 1 fully saturated rings. The van der Waals surface area contributed by atoms with Crippen LogP contribution >= 0.6 is 0 Å². The highest BCUT2D eigenvalue weighted by Gasteiger charge is 2.46. The first kappa shape index (κ1) is 28.9. The van der Waals surface area contributed by atoms with Gasteiger partial charge in [-0.2, -0.15) is 13.2 Å². The van der Waals surface area contributed by atoms with Crippen LogP contribution in [0.1, 0.15) is 78.0 Å². The van der Waals surface area contributed by atoms with E-state index in [1.54, 1.807) is 59.7 Å². The molecule has 0 radical (unpaired) electrons. The largest absolute Gasteiger partial charge is 0.460 e. The van der Waals surface area contributed by atoms with Gasteiger partial charge in [-0.3, -0.25) is 9.69 Å². The molecule has 1 unspecified atom stereocenters. The standard InChI is InChI=1S/C26H39F3N2O4/c1-24(2,3)34-21(32)14-10-8-12-19-11-7-9-13-20(19)22(26(27,28)29)30-15-17-31(18-16-30)23(33)35-25(4,5)6/h7,9,11,13,22H,8,10,12,14-18H2,1-6H3. The van der Waals surface area contributed by atoms with Crippen LogP contribution in [0.4, 0.5) is 18.0 Å². The van der Waals surface area contributed by atoms with Gasteiger partial charge in [0, 0.05) is 32.6 Å². The summed E-state index contributed by atoms with van der Waals surface area (Å²) in [7, 11) is 0. The third-order valence-electron chi connectivity index (χ3n) is 5.49. The highest BCUT2D eigenvalue weighted by Crippen LogP contribution is 2.40. The fourth-order valence-corrected chi connectivity index (χ4v) is 4.08. The van der Waals surface area contributed by atoms with Crippen molar-refractivity contribution < 1.29 is 32.2 Å². The van der Waals surface area contributed by atoms with Crippen LogP contribution in [-0.4, -0.2) is 65.4 Å². The number of piperazine rings is 1. The summed E-state index contributed by atoms with van der Waals surface area (Å²) < 4.78 is 53.5. The molecule has 1 saturated heterocycles. The summed E-state index contributed by atoms with van der Waals surface area (Å²) in [4.78, 5) is 27.1. The van der Waals surface area contributed by atoms with Gasteiger partial charge >= 0.3 is 18.2 Å². The van der Waals surface area contributed by atoms with Gasteiger partial charge in [0.05, 0.1) is 0 Å². The zero-order valence-corrected chi connectivity index (χ0v) is 21.7. The van der Waals surface area contributed by atoms with Gasteiger partial charge in [0.2, 0.25) is 0 Å². The van der Waals surface area contributed by atoms with E-state index in [2.05, 4.69) is 0 Å². The Morgan fingerprint density at radius 2 is 1.46 bits per heavy atom. The fraction of sp³-hybridized carbons (Fsp3) is 0.692. The minimum atomic E-state index is -4.47. The number of nitrogens with zero attached hydrogens (tertiary/aromatic N) is 2. The number of halogens is 3. The van der Waals surface area contributed by atoms with Crippen LogP contribution in [0.15, 0.2) is 24.3 Å². The van der Waals surface area contributed by atoms with E-state index in [0.717, 1.165) is 0 Å². The van der Waals surface area contributed by atoms with Gasteiger partial charge < -0.3 is 14.4 Å². The van der Waals surface area contributed by atoms with Gasteiger partial charge in [-0.15, -0.1) is 0 Å². The van der Waals surface area contributed by atoms with E-state index < -0.39 is 29.5 Å². The zero-order valence-electron chi connectivity index (χ0n) is 21.7. The van der Waals surface area contributed by atoms with E-state index in [4.69, 9.17) is 9.47 Å². The van der Waals surface area contributed by atoms with Crippen molar-refractivity contribution in [3.8, 4) is 0 Å². The summed E-state index contributed by atoms with van der Waals surface area (Å²) in [5.41, 5.74) is -0.376. The smallest absolute Gasteiger partial charge is 0.410 e. The van der Waals surface area contributed by atoms with Crippen LogP contribution < -0.4 is 0 Å². The van der Waals surface area contributed by atoms with Gasteiger partial charge in [0.25, 0.3) is 0 Å². The third-order valence-corrected chi connectivity index (χ3v) is 5.49. The number of rotatable bonds is 7. The summed E-state index contributed by atoms with van der Waals surface area (Å²) in [6.07, 6.45) is -3.20. The molecule has 1 heterocycles. The first-order valence-corrected chi connectivity index (χ1v) is 12.2. The molecule has 1 atom stereocenters. The van der Waals surface area contributed by atoms with E-state index >= 15 is 0 Å². The lowest BCUT2D eigenvalue weighted by molar-refractivity contribution is -0.190. The predicted octanol–water partition coefficient (Wildman–Crippen LogP) is 5.90. The number of esters is 1. The molecular weight excluding hydrogens is 461 g/mol. The van der Waals surface area contributed by atoms with Crippen molar-refractivity contribution in [2.45, 2.75) is 90.6 Å². The normalized spacial score (nSPS) is 16.7. The summed E-state index contributed by atoms with van der Waals surface area (Å²) in [6, 6.07) is 4.85. The van der Waals surface area contributed by atoms with Crippen molar-refractivity contribution in [3.63, 3.8) is 0 Å². The lowest BCUT2D eigenvalue weighted by Crippen LogP contribution is -2.53. The lowest BCUT2D eigenvalue weighted by Gasteiger charge is -2.40. The van der Waals surface area contributed by atoms with Crippen molar-refractivity contribution in [1.82, 2.24) is 9.80 Å². The van der Waals surface area contributed by atoms with Crippen LogP contribution in [-0.2, 0) is 20.7 Å². The second kappa shape index (κ2) is 11.6. The van der Waals surface area contributed by atoms with Crippen molar-refractivity contribution in [2.75, 3.05) is 26.2 Å². The number of benzene rings is 1. The first-order chi connectivity index (χ1) is 16.1. The molecule has 2 rings (SSSR count). The van der Waals surface area contributed by atoms with Gasteiger partial charge in [-0.1, -0.05) is 24.3 Å². The Balaban J connectivity index is 2.05. The van der Waals surface area contributed by atoms with Crippen LogP contribution in [0.5, 0.6) is 0 Å². The van der Waals surface area contributed by atoms with E-state index in [0.29, 0.717) is 24.8 Å². The molecule has 0 aromatic heterocycles. The van der Waals surface area contributed by atoms with Crippen molar-refractivity contribution >= 4 is 12.1 Å². The Bertz CT molecular complexity index is 851. The quantitative estimate of drug-likeness (QED) is 0.345. The number of ether oxygens (including phenoxy) is 2. The van der Waals surface area contributed by atoms with Crippen molar-refractivity contribution in [1.29, 1.82) is 0 Å². The molecule has 0 spiro atoms. The van der Waals surface area contributed by atoms with E-state index in [9.17, 15) is 22.8 Å². The van der Waals surface area contributed by atoms with Crippen LogP contribution in [0.2, 0.25) is 0 Å². The summed E-state index contributed by atoms with van der Waals surface area (Å²) >= 11 is 0. The molecule has 1 aromatic carbocycles. The molecule has 6 nitrogen and oxygen atoms in total. The van der Waals surface area contributed by atoms with Crippen molar-refractivity contribution in [3.05, 3.63) is 35.4 Å². The van der Waals surface area contributed by atoms with Crippen LogP contribution in [0.3, 0.4) is 0 Å². The topological polar surface area (TPSA) is 59.1 Å². The van der Waals surface area contributed by atoms with Gasteiger partial charge in [-0.25, -0.2) is 4.79 Å². The molecule has 0 N–H and O–H groups in total. The average molecular weight is 501 g/mol. The predicted molar refractivity (Wildman–Crippen MR) is 128 cm³/mol. The molecule has 0 saturated carbocycles. The molecule has 9 heteroatoms. The minimum Gasteiger partial charge on any atom is -0.460 e. The number of unbranched alkanes of at least 4 members (excludes halogenated alkanes) is 1. The number of aryl methyl sites for hydroxylation is 1. The Hall–Kier alpha value is -2.29. The summed E-state index contributed by atoms with van der Waals surface area (Å²) in [6.45, 7) is 11.2. The molecule has 1 amide bonds. The number of carbonyl (C=O) groups excluding carboxylic acids is 2. The van der Waals surface area contributed by atoms with Gasteiger partial charge in [0.1, 0.15) is 17.2 Å². The maximum Gasteiger partial charge on any atom is 0.410 e. The van der Waals surface area contributed by atoms with Crippen molar-refractivity contribution in [2.24, 2.45) is 0 Å². The number of hydrogen-bond donors (Lipinski definition) is 0. The monoisotopic (exact) mass is 500 g/mol. The number of amides is 1. The molecule has 0 aliphatic carbocycles. The molecule has 1 aliphatic rings. The second-order valence-electron chi connectivity index (χ2n) is 10.9. The number of carbonyl (C=O) groups is 2. The third kappa shape index (κ3) is 9.70. The van der Waals surface area contributed by atoms with E-state index in [1.165, 1.54) is 15.9 Å². The number of alkyl halides is 3. The minimum absolute atomic E-state index is 0.0936. The molecule has 35 heavy (non-hydrogen) atoms. The summed E-state index contributed by atoms with van der Waals surface area (Å²) in [5.74, 6) is -0.304. The Morgan fingerprint density at radius 3 is 2.00 bits per heavy atom. The molecule has 0 bridgehead atoms. The highest BCUT2D eigenvalue weighted by molar-refractivity contribution is 5.69. The molecule has 198 valence electrons. The fourth-order valence-electron chi connectivity index (χ4n) is 4.08. The van der Waals surface area contributed by atoms with Crippen LogP contribution in [0.25, 0.3) is 0 Å². The first-order valence-electron chi connectivity index (χ1n) is 12.2. The van der Waals surface area contributed by atoms with E-state index in [1.807, 2.05) is 0 Å². The maximum absolute atomic E-state index is 14.3. The second-order valence-corrected chi connectivity index (χ2v) is 10.9. The Labute approximate surface area is 206 Å². The number of hydrogen-bond acceptors (Lipinski definition) is 5. The van der Waals surface area contributed by atoms with Crippen LogP contribution in [0, 0.1) is 0 Å². The van der Waals surface area contributed by atoms with Gasteiger partial charge in [0.15, 0.2) is 0 Å². The average Bonchev–Trinajstić information content (AvgIpc) is 2.69. The molecule has 1 aliphatic heterocycles. The Morgan fingerprint density at radius 1 is 0.886 bits per heavy atom. The summed E-state index contributed by atoms with van der Waals surface area (Å²) in [5, 5.41) is 0. The Kier molecular flexibility index (Phi) is 9.62. The molecular formula is C26H39F3N2O4. The SMILES string of the molecule is CC(C)(C)OC(=O)CCCCc1ccccc1C(N1CCN(C(=O)OC(C)(C)C)CC1)C(F)(F)F.